The maximum atomic E-state index is 12.7. The lowest BCUT2D eigenvalue weighted by molar-refractivity contribution is -0.146. The molecule has 1 aromatic carbocycles. The first-order valence-electron chi connectivity index (χ1n) is 6.63. The molecule has 0 radical (unpaired) electrons. The van der Waals surface area contributed by atoms with Gasteiger partial charge in [0.05, 0.1) is 12.0 Å². The van der Waals surface area contributed by atoms with Crippen molar-refractivity contribution in [3.63, 3.8) is 0 Å². The van der Waals surface area contributed by atoms with Crippen molar-refractivity contribution >= 4 is 16.0 Å². The first kappa shape index (κ1) is 15.0. The van der Waals surface area contributed by atoms with Crippen LogP contribution >= 0.6 is 0 Å². The van der Waals surface area contributed by atoms with Gasteiger partial charge in [-0.15, -0.1) is 0 Å². The van der Waals surface area contributed by atoms with Crippen LogP contribution in [0.5, 0.6) is 0 Å². The van der Waals surface area contributed by atoms with Crippen LogP contribution in [-0.4, -0.2) is 38.4 Å². The first-order chi connectivity index (χ1) is 9.46. The van der Waals surface area contributed by atoms with Crippen LogP contribution in [-0.2, 0) is 19.6 Å². The number of ether oxygens (including phenoxy) is 1. The van der Waals surface area contributed by atoms with Gasteiger partial charge in [-0.1, -0.05) is 12.1 Å². The number of carbonyl (C=O) groups excluding carboxylic acids is 1. The molecule has 1 heterocycles. The van der Waals surface area contributed by atoms with Gasteiger partial charge in [0.2, 0.25) is 10.0 Å². The summed E-state index contributed by atoms with van der Waals surface area (Å²) in [6, 6.07) is 6.02. The number of nitrogens with zero attached hydrogens (tertiary/aromatic N) is 1. The van der Waals surface area contributed by atoms with E-state index in [1.54, 1.807) is 18.2 Å². The number of sulfonamides is 1. The van der Waals surface area contributed by atoms with Crippen LogP contribution in [0.4, 0.5) is 0 Å². The number of hydrogen-bond acceptors (Lipinski definition) is 4. The van der Waals surface area contributed by atoms with Crippen molar-refractivity contribution in [1.82, 2.24) is 4.31 Å². The van der Waals surface area contributed by atoms with Gasteiger partial charge < -0.3 is 4.74 Å². The molecule has 6 heteroatoms. The Kier molecular flexibility index (Phi) is 4.45. The van der Waals surface area contributed by atoms with Crippen molar-refractivity contribution < 1.29 is 17.9 Å². The SMILES string of the molecule is COC(=O)[C@H]1CCCCN1S(=O)(=O)c1cccc(C)c1. The van der Waals surface area contributed by atoms with Crippen LogP contribution in [0.25, 0.3) is 0 Å². The second-order valence-electron chi connectivity index (χ2n) is 4.97. The van der Waals surface area contributed by atoms with E-state index in [1.165, 1.54) is 11.4 Å². The molecule has 2 rings (SSSR count). The Bertz CT molecular complexity index is 597. The predicted octanol–water partition coefficient (Wildman–Crippen LogP) is 1.71. The van der Waals surface area contributed by atoms with Crippen molar-refractivity contribution in [1.29, 1.82) is 0 Å². The van der Waals surface area contributed by atoms with E-state index in [0.29, 0.717) is 13.0 Å². The maximum Gasteiger partial charge on any atom is 0.324 e. The smallest absolute Gasteiger partial charge is 0.324 e. The Hall–Kier alpha value is -1.40. The lowest BCUT2D eigenvalue weighted by Crippen LogP contribution is -2.48. The minimum Gasteiger partial charge on any atom is -0.468 e. The summed E-state index contributed by atoms with van der Waals surface area (Å²) >= 11 is 0. The highest BCUT2D eigenvalue weighted by Crippen LogP contribution is 2.26. The second-order valence-corrected chi connectivity index (χ2v) is 6.86. The third kappa shape index (κ3) is 2.86. The molecular formula is C14H19NO4S. The summed E-state index contributed by atoms with van der Waals surface area (Å²) in [6.07, 6.45) is 2.11. The molecule has 5 nitrogen and oxygen atoms in total. The summed E-state index contributed by atoms with van der Waals surface area (Å²) in [6.45, 7) is 2.20. The number of hydrogen-bond donors (Lipinski definition) is 0. The van der Waals surface area contributed by atoms with Crippen LogP contribution in [0.15, 0.2) is 29.2 Å². The zero-order valence-electron chi connectivity index (χ0n) is 11.7. The largest absolute Gasteiger partial charge is 0.468 e. The van der Waals surface area contributed by atoms with Gasteiger partial charge in [-0.05, 0) is 43.9 Å². The number of aryl methyl sites for hydroxylation is 1. The van der Waals surface area contributed by atoms with Gasteiger partial charge in [0, 0.05) is 6.54 Å². The molecule has 1 aliphatic heterocycles. The predicted molar refractivity (Wildman–Crippen MR) is 74.7 cm³/mol. The lowest BCUT2D eigenvalue weighted by atomic mass is 10.1. The van der Waals surface area contributed by atoms with E-state index in [0.717, 1.165) is 18.4 Å². The van der Waals surface area contributed by atoms with Gasteiger partial charge in [0.15, 0.2) is 0 Å². The standard InChI is InChI=1S/C14H19NO4S/c1-11-6-5-7-12(10-11)20(17,18)15-9-4-3-8-13(15)14(16)19-2/h5-7,10,13H,3-4,8-9H2,1-2H3/t13-/m1/s1. The fraction of sp³-hybridized carbons (Fsp3) is 0.500. The van der Waals surface area contributed by atoms with Crippen LogP contribution in [0.1, 0.15) is 24.8 Å². The highest BCUT2D eigenvalue weighted by molar-refractivity contribution is 7.89. The molecule has 0 aromatic heterocycles. The molecule has 0 amide bonds. The number of carbonyl (C=O) groups is 1. The molecule has 1 saturated heterocycles. The Morgan fingerprint density at radius 1 is 1.35 bits per heavy atom. The summed E-state index contributed by atoms with van der Waals surface area (Å²) in [5, 5.41) is 0. The van der Waals surface area contributed by atoms with Crippen LogP contribution in [0.3, 0.4) is 0 Å². The Labute approximate surface area is 119 Å². The van der Waals surface area contributed by atoms with Gasteiger partial charge >= 0.3 is 5.97 Å². The Morgan fingerprint density at radius 2 is 2.10 bits per heavy atom. The lowest BCUT2D eigenvalue weighted by Gasteiger charge is -2.32. The average molecular weight is 297 g/mol. The summed E-state index contributed by atoms with van der Waals surface area (Å²) in [7, 11) is -2.37. The van der Waals surface area contributed by atoms with Crippen molar-refractivity contribution in [2.75, 3.05) is 13.7 Å². The van der Waals surface area contributed by atoms with E-state index in [4.69, 9.17) is 4.74 Å². The molecule has 1 aliphatic rings. The molecular weight excluding hydrogens is 278 g/mol. The number of methoxy groups -OCH3 is 1. The minimum absolute atomic E-state index is 0.230. The average Bonchev–Trinajstić information content (AvgIpc) is 2.46. The van der Waals surface area contributed by atoms with E-state index in [2.05, 4.69) is 0 Å². The van der Waals surface area contributed by atoms with E-state index in [-0.39, 0.29) is 4.90 Å². The molecule has 0 aliphatic carbocycles. The molecule has 1 fully saturated rings. The highest BCUT2D eigenvalue weighted by Gasteiger charge is 2.38. The molecule has 1 aromatic rings. The normalized spacial score (nSPS) is 20.6. The molecule has 0 saturated carbocycles. The quantitative estimate of drug-likeness (QED) is 0.797. The molecule has 110 valence electrons. The van der Waals surface area contributed by atoms with Crippen molar-refractivity contribution in [3.05, 3.63) is 29.8 Å². The summed E-state index contributed by atoms with van der Waals surface area (Å²) in [4.78, 5) is 12.0. The Morgan fingerprint density at radius 3 is 2.75 bits per heavy atom. The van der Waals surface area contributed by atoms with Crippen LogP contribution < -0.4 is 0 Å². The summed E-state index contributed by atoms with van der Waals surface area (Å²) in [5.74, 6) is -0.485. The van der Waals surface area contributed by atoms with E-state index in [9.17, 15) is 13.2 Å². The molecule has 0 N–H and O–H groups in total. The van der Waals surface area contributed by atoms with Gasteiger partial charge in [-0.25, -0.2) is 8.42 Å². The molecule has 20 heavy (non-hydrogen) atoms. The van der Waals surface area contributed by atoms with E-state index in [1.807, 2.05) is 13.0 Å². The number of esters is 1. The van der Waals surface area contributed by atoms with Gasteiger partial charge in [0.1, 0.15) is 6.04 Å². The zero-order valence-corrected chi connectivity index (χ0v) is 12.5. The van der Waals surface area contributed by atoms with E-state index >= 15 is 0 Å². The van der Waals surface area contributed by atoms with Gasteiger partial charge in [-0.2, -0.15) is 4.31 Å². The number of piperidine rings is 1. The molecule has 0 unspecified atom stereocenters. The number of benzene rings is 1. The first-order valence-corrected chi connectivity index (χ1v) is 8.07. The second kappa shape index (κ2) is 5.93. The maximum absolute atomic E-state index is 12.7. The van der Waals surface area contributed by atoms with E-state index < -0.39 is 22.0 Å². The third-order valence-electron chi connectivity index (χ3n) is 3.52. The molecule has 0 bridgehead atoms. The fourth-order valence-electron chi connectivity index (χ4n) is 2.48. The summed E-state index contributed by atoms with van der Waals surface area (Å²) in [5.41, 5.74) is 0.873. The van der Waals surface area contributed by atoms with Gasteiger partial charge in [0.25, 0.3) is 0 Å². The molecule has 1 atom stereocenters. The van der Waals surface area contributed by atoms with Crippen molar-refractivity contribution in [2.24, 2.45) is 0 Å². The number of rotatable bonds is 3. The van der Waals surface area contributed by atoms with Gasteiger partial charge in [-0.3, -0.25) is 4.79 Å². The minimum atomic E-state index is -3.66. The van der Waals surface area contributed by atoms with Crippen LogP contribution in [0, 0.1) is 6.92 Å². The van der Waals surface area contributed by atoms with Crippen molar-refractivity contribution in [2.45, 2.75) is 37.1 Å². The summed E-state index contributed by atoms with van der Waals surface area (Å²) < 4.78 is 31.4. The highest BCUT2D eigenvalue weighted by atomic mass is 32.2. The molecule has 0 spiro atoms. The Balaban J connectivity index is 2.38. The topological polar surface area (TPSA) is 63.7 Å². The zero-order chi connectivity index (χ0) is 14.8. The monoisotopic (exact) mass is 297 g/mol. The fourth-order valence-corrected chi connectivity index (χ4v) is 4.23. The van der Waals surface area contributed by atoms with Crippen LogP contribution in [0.2, 0.25) is 0 Å². The third-order valence-corrected chi connectivity index (χ3v) is 5.43. The van der Waals surface area contributed by atoms with Crippen molar-refractivity contribution in [3.8, 4) is 0 Å².